The van der Waals surface area contributed by atoms with E-state index in [1.165, 1.54) is 0 Å². The van der Waals surface area contributed by atoms with Gasteiger partial charge in [0.15, 0.2) is 0 Å². The van der Waals surface area contributed by atoms with E-state index in [4.69, 9.17) is 14.3 Å². The van der Waals surface area contributed by atoms with Gasteiger partial charge in [-0.3, -0.25) is 9.74 Å². The van der Waals surface area contributed by atoms with Gasteiger partial charge in [0.25, 0.3) is 0 Å². The molecule has 1 aliphatic rings. The molecule has 1 aliphatic heterocycles. The van der Waals surface area contributed by atoms with Gasteiger partial charge in [-0.05, 0) is 5.56 Å². The van der Waals surface area contributed by atoms with Crippen LogP contribution in [0, 0.1) is 0 Å². The first kappa shape index (κ1) is 14.8. The molecule has 1 heterocycles. The normalized spacial score (nSPS) is 15.8. The third kappa shape index (κ3) is 5.56. The fraction of sp³-hybridized carbons (Fsp3) is 0.500. The SMILES string of the molecule is O=C(NOCCN1CCOCC1)OCc1ccccc1. The lowest BCUT2D eigenvalue weighted by Crippen LogP contribution is -2.39. The van der Waals surface area contributed by atoms with Crippen molar-refractivity contribution in [3.63, 3.8) is 0 Å². The Hall–Kier alpha value is -1.63. The van der Waals surface area contributed by atoms with E-state index in [0.29, 0.717) is 6.61 Å². The lowest BCUT2D eigenvalue weighted by molar-refractivity contribution is -0.00669. The Morgan fingerprint density at radius 1 is 1.25 bits per heavy atom. The number of carbonyl (C=O) groups is 1. The maximum absolute atomic E-state index is 11.4. The van der Waals surface area contributed by atoms with Crippen molar-refractivity contribution in [3.05, 3.63) is 35.9 Å². The molecule has 0 spiro atoms. The third-order valence-electron chi connectivity index (χ3n) is 2.98. The quantitative estimate of drug-likeness (QED) is 0.626. The van der Waals surface area contributed by atoms with Gasteiger partial charge < -0.3 is 9.47 Å². The van der Waals surface area contributed by atoms with Crippen LogP contribution in [0.15, 0.2) is 30.3 Å². The summed E-state index contributed by atoms with van der Waals surface area (Å²) in [5.41, 5.74) is 3.21. The van der Waals surface area contributed by atoms with Crippen LogP contribution in [-0.4, -0.2) is 50.4 Å². The van der Waals surface area contributed by atoms with Crippen LogP contribution in [0.5, 0.6) is 0 Å². The van der Waals surface area contributed by atoms with Crippen LogP contribution in [-0.2, 0) is 20.9 Å². The van der Waals surface area contributed by atoms with Crippen LogP contribution in [0.2, 0.25) is 0 Å². The summed E-state index contributed by atoms with van der Waals surface area (Å²) in [6.45, 7) is 4.75. The molecule has 110 valence electrons. The van der Waals surface area contributed by atoms with Crippen LogP contribution in [0.25, 0.3) is 0 Å². The van der Waals surface area contributed by atoms with Crippen molar-refractivity contribution in [2.45, 2.75) is 6.61 Å². The molecule has 2 rings (SSSR count). The number of hydrogen-bond acceptors (Lipinski definition) is 5. The van der Waals surface area contributed by atoms with Crippen LogP contribution >= 0.6 is 0 Å². The number of morpholine rings is 1. The molecule has 1 fully saturated rings. The molecule has 1 aromatic carbocycles. The average molecular weight is 280 g/mol. The Kier molecular flexibility index (Phi) is 6.30. The number of hydroxylamine groups is 1. The number of nitrogens with one attached hydrogen (secondary N) is 1. The minimum absolute atomic E-state index is 0.236. The number of benzene rings is 1. The van der Waals surface area contributed by atoms with Crippen LogP contribution in [0.4, 0.5) is 4.79 Å². The number of nitrogens with zero attached hydrogens (tertiary/aromatic N) is 1. The van der Waals surface area contributed by atoms with E-state index in [2.05, 4.69) is 10.4 Å². The van der Waals surface area contributed by atoms with E-state index in [1.807, 2.05) is 30.3 Å². The van der Waals surface area contributed by atoms with Crippen molar-refractivity contribution in [3.8, 4) is 0 Å². The fourth-order valence-corrected chi connectivity index (χ4v) is 1.86. The van der Waals surface area contributed by atoms with E-state index in [1.54, 1.807) is 0 Å². The second kappa shape index (κ2) is 8.52. The Labute approximate surface area is 118 Å². The molecule has 1 saturated heterocycles. The second-order valence-electron chi connectivity index (χ2n) is 4.47. The molecule has 0 radical (unpaired) electrons. The predicted octanol–water partition coefficient (Wildman–Crippen LogP) is 1.18. The van der Waals surface area contributed by atoms with Gasteiger partial charge in [-0.2, -0.15) is 5.48 Å². The Bertz CT molecular complexity index is 393. The van der Waals surface area contributed by atoms with Gasteiger partial charge in [0.05, 0.1) is 19.8 Å². The minimum Gasteiger partial charge on any atom is -0.443 e. The van der Waals surface area contributed by atoms with Gasteiger partial charge in [-0.25, -0.2) is 4.79 Å². The summed E-state index contributed by atoms with van der Waals surface area (Å²) in [5, 5.41) is 0. The summed E-state index contributed by atoms with van der Waals surface area (Å²) in [6, 6.07) is 9.50. The summed E-state index contributed by atoms with van der Waals surface area (Å²) in [4.78, 5) is 18.7. The van der Waals surface area contributed by atoms with Gasteiger partial charge in [-0.15, -0.1) is 0 Å². The zero-order valence-electron chi connectivity index (χ0n) is 11.4. The van der Waals surface area contributed by atoms with Crippen LogP contribution in [0.3, 0.4) is 0 Å². The number of ether oxygens (including phenoxy) is 2. The molecular weight excluding hydrogens is 260 g/mol. The van der Waals surface area contributed by atoms with Gasteiger partial charge in [0.1, 0.15) is 6.61 Å². The van der Waals surface area contributed by atoms with Crippen LogP contribution in [0.1, 0.15) is 5.56 Å². The predicted molar refractivity (Wildman–Crippen MR) is 73.0 cm³/mol. The molecule has 6 heteroatoms. The van der Waals surface area contributed by atoms with Gasteiger partial charge in [0, 0.05) is 19.6 Å². The molecule has 1 amide bonds. The number of carbonyl (C=O) groups excluding carboxylic acids is 1. The first-order chi connectivity index (χ1) is 9.84. The lowest BCUT2D eigenvalue weighted by Gasteiger charge is -2.26. The first-order valence-electron chi connectivity index (χ1n) is 6.73. The molecule has 0 aliphatic carbocycles. The second-order valence-corrected chi connectivity index (χ2v) is 4.47. The Morgan fingerprint density at radius 2 is 2.00 bits per heavy atom. The monoisotopic (exact) mass is 280 g/mol. The van der Waals surface area contributed by atoms with E-state index < -0.39 is 6.09 Å². The van der Waals surface area contributed by atoms with E-state index in [9.17, 15) is 4.79 Å². The zero-order chi connectivity index (χ0) is 14.0. The van der Waals surface area contributed by atoms with Crippen molar-refractivity contribution in [1.29, 1.82) is 0 Å². The number of hydrogen-bond donors (Lipinski definition) is 1. The van der Waals surface area contributed by atoms with Crippen molar-refractivity contribution < 1.29 is 19.1 Å². The molecule has 0 unspecified atom stereocenters. The molecule has 0 saturated carbocycles. The summed E-state index contributed by atoms with van der Waals surface area (Å²) < 4.78 is 10.3. The highest BCUT2D eigenvalue weighted by Crippen LogP contribution is 2.00. The number of amides is 1. The van der Waals surface area contributed by atoms with Crippen molar-refractivity contribution in [1.82, 2.24) is 10.4 Å². The van der Waals surface area contributed by atoms with E-state index in [0.717, 1.165) is 38.4 Å². The maximum atomic E-state index is 11.4. The molecule has 0 atom stereocenters. The summed E-state index contributed by atoms with van der Waals surface area (Å²) in [7, 11) is 0. The lowest BCUT2D eigenvalue weighted by atomic mass is 10.2. The van der Waals surface area contributed by atoms with Crippen LogP contribution < -0.4 is 5.48 Å². The van der Waals surface area contributed by atoms with Crippen molar-refractivity contribution >= 4 is 6.09 Å². The average Bonchev–Trinajstić information content (AvgIpc) is 2.52. The van der Waals surface area contributed by atoms with Gasteiger partial charge in [0.2, 0.25) is 0 Å². The van der Waals surface area contributed by atoms with E-state index in [-0.39, 0.29) is 6.61 Å². The molecule has 1 N–H and O–H groups in total. The standard InChI is InChI=1S/C14H20N2O4/c17-14(19-12-13-4-2-1-3-5-13)15-20-11-8-16-6-9-18-10-7-16/h1-5H,6-12H2,(H,15,17). The molecule has 1 aromatic rings. The molecule has 20 heavy (non-hydrogen) atoms. The highest BCUT2D eigenvalue weighted by atomic mass is 16.7. The van der Waals surface area contributed by atoms with Gasteiger partial charge >= 0.3 is 6.09 Å². The highest BCUT2D eigenvalue weighted by Gasteiger charge is 2.10. The summed E-state index contributed by atoms with van der Waals surface area (Å²) >= 11 is 0. The highest BCUT2D eigenvalue weighted by molar-refractivity contribution is 5.65. The fourth-order valence-electron chi connectivity index (χ4n) is 1.86. The molecule has 6 nitrogen and oxygen atoms in total. The molecular formula is C14H20N2O4. The topological polar surface area (TPSA) is 60.0 Å². The maximum Gasteiger partial charge on any atom is 0.431 e. The van der Waals surface area contributed by atoms with Gasteiger partial charge in [-0.1, -0.05) is 30.3 Å². The largest absolute Gasteiger partial charge is 0.443 e. The Balaban J connectivity index is 1.51. The van der Waals surface area contributed by atoms with E-state index >= 15 is 0 Å². The zero-order valence-corrected chi connectivity index (χ0v) is 11.4. The summed E-state index contributed by atoms with van der Waals surface area (Å²) in [6.07, 6.45) is -0.573. The minimum atomic E-state index is -0.573. The summed E-state index contributed by atoms with van der Waals surface area (Å²) in [5.74, 6) is 0. The van der Waals surface area contributed by atoms with Crippen molar-refractivity contribution in [2.24, 2.45) is 0 Å². The first-order valence-corrected chi connectivity index (χ1v) is 6.73. The third-order valence-corrected chi connectivity index (χ3v) is 2.98. The molecule has 0 bridgehead atoms. The van der Waals surface area contributed by atoms with Crippen molar-refractivity contribution in [2.75, 3.05) is 39.5 Å². The Morgan fingerprint density at radius 3 is 2.75 bits per heavy atom. The molecule has 0 aromatic heterocycles. The number of rotatable bonds is 6. The smallest absolute Gasteiger partial charge is 0.431 e.